The summed E-state index contributed by atoms with van der Waals surface area (Å²) in [5.41, 5.74) is 3.02. The minimum atomic E-state index is -0.244. The molecule has 2 aromatic carbocycles. The number of carbonyl (C=O) groups excluding carboxylic acids is 1. The molecule has 0 spiro atoms. The number of nitrogens with one attached hydrogen (secondary N) is 3. The minimum absolute atomic E-state index is 0.244. The summed E-state index contributed by atoms with van der Waals surface area (Å²) in [5.74, 6) is 0.814. The predicted molar refractivity (Wildman–Crippen MR) is 137 cm³/mol. The Labute approximate surface area is 209 Å². The van der Waals surface area contributed by atoms with Gasteiger partial charge < -0.3 is 16.0 Å². The van der Waals surface area contributed by atoms with Crippen LogP contribution in [0, 0.1) is 0 Å². The van der Waals surface area contributed by atoms with Crippen molar-refractivity contribution in [3.63, 3.8) is 0 Å². The van der Waals surface area contributed by atoms with Crippen molar-refractivity contribution in [2.24, 2.45) is 0 Å². The van der Waals surface area contributed by atoms with Crippen molar-refractivity contribution in [2.45, 2.75) is 12.8 Å². The summed E-state index contributed by atoms with van der Waals surface area (Å²) in [4.78, 5) is 16.7. The molecule has 0 aliphatic rings. The molecule has 0 saturated heterocycles. The van der Waals surface area contributed by atoms with Gasteiger partial charge >= 0.3 is 6.03 Å². The first kappa shape index (κ1) is 23.4. The second-order valence-electron chi connectivity index (χ2n) is 7.26. The van der Waals surface area contributed by atoms with Crippen LogP contribution in [0.1, 0.15) is 12.8 Å². The average Bonchev–Trinajstić information content (AvgIpc) is 3.18. The van der Waals surface area contributed by atoms with Crippen LogP contribution in [0.15, 0.2) is 65.3 Å². The lowest BCUT2D eigenvalue weighted by atomic mass is 10.1. The molecule has 170 valence electrons. The summed E-state index contributed by atoms with van der Waals surface area (Å²) < 4.78 is 2.55. The summed E-state index contributed by atoms with van der Waals surface area (Å²) in [5, 5.41) is 14.7. The Morgan fingerprint density at radius 1 is 1.03 bits per heavy atom. The minimum Gasteiger partial charge on any atom is -0.370 e. The van der Waals surface area contributed by atoms with Gasteiger partial charge in [-0.3, -0.25) is 0 Å². The third kappa shape index (κ3) is 5.96. The van der Waals surface area contributed by atoms with E-state index in [-0.39, 0.29) is 6.03 Å². The van der Waals surface area contributed by atoms with E-state index >= 15 is 0 Å². The highest BCUT2D eigenvalue weighted by molar-refractivity contribution is 9.10. The molecule has 2 amide bonds. The fourth-order valence-electron chi connectivity index (χ4n) is 3.25. The summed E-state index contributed by atoms with van der Waals surface area (Å²) in [6.07, 6.45) is 3.39. The molecule has 0 unspecified atom stereocenters. The van der Waals surface area contributed by atoms with Gasteiger partial charge in [-0.2, -0.15) is 9.61 Å². The number of carbonyl (C=O) groups is 1. The number of fused-ring (bicyclic) bond motifs is 1. The number of nitrogens with zero attached hydrogens (tertiary/aromatic N) is 3. The maximum atomic E-state index is 12.0. The Morgan fingerprint density at radius 2 is 1.79 bits per heavy atom. The largest absolute Gasteiger partial charge is 0.370 e. The van der Waals surface area contributed by atoms with E-state index in [0.29, 0.717) is 34.5 Å². The van der Waals surface area contributed by atoms with Crippen LogP contribution < -0.4 is 16.0 Å². The molecule has 0 fully saturated rings. The summed E-state index contributed by atoms with van der Waals surface area (Å²) in [7, 11) is 0. The molecule has 4 rings (SSSR count). The first-order chi connectivity index (χ1) is 16.0. The van der Waals surface area contributed by atoms with Gasteiger partial charge in [-0.05, 0) is 59.1 Å². The van der Waals surface area contributed by atoms with Crippen molar-refractivity contribution < 1.29 is 4.79 Å². The Kier molecular flexibility index (Phi) is 7.69. The van der Waals surface area contributed by atoms with Crippen molar-refractivity contribution in [1.29, 1.82) is 0 Å². The molecule has 3 N–H and O–H groups in total. The van der Waals surface area contributed by atoms with Crippen LogP contribution in [0.2, 0.25) is 10.0 Å². The fourth-order valence-corrected chi connectivity index (χ4v) is 3.95. The zero-order valence-corrected chi connectivity index (χ0v) is 20.6. The smallest absolute Gasteiger partial charge is 0.319 e. The number of halogens is 3. The van der Waals surface area contributed by atoms with Crippen LogP contribution in [0.3, 0.4) is 0 Å². The highest BCUT2D eigenvalue weighted by Gasteiger charge is 2.13. The third-order valence-corrected chi connectivity index (χ3v) is 6.02. The van der Waals surface area contributed by atoms with Crippen molar-refractivity contribution in [1.82, 2.24) is 19.9 Å². The Hall–Kier alpha value is -2.81. The van der Waals surface area contributed by atoms with Crippen molar-refractivity contribution in [3.05, 3.63) is 75.3 Å². The number of urea groups is 1. The SMILES string of the molecule is O=C(NCCCCNc1cc(-c2ccccc2Cl)nc2c(Br)cnn12)Nc1ccc(Cl)cc1. The molecule has 0 radical (unpaired) electrons. The van der Waals surface area contributed by atoms with Crippen LogP contribution in [-0.2, 0) is 0 Å². The molecule has 0 aliphatic heterocycles. The molecule has 0 saturated carbocycles. The van der Waals surface area contributed by atoms with Crippen molar-refractivity contribution in [2.75, 3.05) is 23.7 Å². The summed E-state index contributed by atoms with van der Waals surface area (Å²) >= 11 is 15.7. The maximum Gasteiger partial charge on any atom is 0.319 e. The normalized spacial score (nSPS) is 10.9. The van der Waals surface area contributed by atoms with Crippen LogP contribution >= 0.6 is 39.1 Å². The lowest BCUT2D eigenvalue weighted by molar-refractivity contribution is 0.252. The third-order valence-electron chi connectivity index (χ3n) is 4.88. The van der Waals surface area contributed by atoms with Crippen LogP contribution in [0.25, 0.3) is 16.9 Å². The first-order valence-corrected chi connectivity index (χ1v) is 11.9. The lowest BCUT2D eigenvalue weighted by Gasteiger charge is -2.12. The quantitative estimate of drug-likeness (QED) is 0.220. The number of benzene rings is 2. The van der Waals surface area contributed by atoms with Crippen LogP contribution in [0.5, 0.6) is 0 Å². The number of rotatable bonds is 8. The number of aromatic nitrogens is 3. The first-order valence-electron chi connectivity index (χ1n) is 10.3. The highest BCUT2D eigenvalue weighted by Crippen LogP contribution is 2.30. The van der Waals surface area contributed by atoms with Gasteiger partial charge in [-0.25, -0.2) is 9.78 Å². The van der Waals surface area contributed by atoms with Gasteiger partial charge in [0.1, 0.15) is 5.82 Å². The van der Waals surface area contributed by atoms with E-state index in [1.165, 1.54) is 0 Å². The zero-order valence-electron chi connectivity index (χ0n) is 17.5. The Bertz CT molecular complexity index is 1260. The molecular weight excluding hydrogens is 527 g/mol. The second-order valence-corrected chi connectivity index (χ2v) is 8.95. The van der Waals surface area contributed by atoms with Crippen molar-refractivity contribution in [3.8, 4) is 11.3 Å². The molecule has 0 atom stereocenters. The maximum absolute atomic E-state index is 12.0. The van der Waals surface area contributed by atoms with Gasteiger partial charge in [0.2, 0.25) is 0 Å². The molecular formula is C23H21BrCl2N6O. The van der Waals surface area contributed by atoms with Gasteiger partial charge in [0.05, 0.1) is 16.4 Å². The summed E-state index contributed by atoms with van der Waals surface area (Å²) in [6.45, 7) is 1.27. The molecule has 7 nitrogen and oxygen atoms in total. The van der Waals surface area contributed by atoms with E-state index in [4.69, 9.17) is 28.2 Å². The van der Waals surface area contributed by atoms with Gasteiger partial charge in [0.15, 0.2) is 5.65 Å². The molecule has 10 heteroatoms. The second kappa shape index (κ2) is 10.9. The van der Waals surface area contributed by atoms with E-state index in [1.807, 2.05) is 30.3 Å². The number of hydrogen-bond acceptors (Lipinski definition) is 4. The van der Waals surface area contributed by atoms with Gasteiger partial charge in [0.25, 0.3) is 0 Å². The van der Waals surface area contributed by atoms with Crippen LogP contribution in [-0.4, -0.2) is 33.7 Å². The van der Waals surface area contributed by atoms with E-state index in [1.54, 1.807) is 35.0 Å². The van der Waals surface area contributed by atoms with Gasteiger partial charge in [-0.1, -0.05) is 41.4 Å². The molecule has 2 heterocycles. The van der Waals surface area contributed by atoms with Gasteiger partial charge in [0, 0.05) is 40.5 Å². The van der Waals surface area contributed by atoms with Gasteiger partial charge in [-0.15, -0.1) is 0 Å². The molecule has 4 aromatic rings. The molecule has 2 aromatic heterocycles. The number of anilines is 2. The predicted octanol–water partition coefficient (Wildman–Crippen LogP) is 6.48. The topological polar surface area (TPSA) is 83.3 Å². The zero-order chi connectivity index (χ0) is 23.2. The average molecular weight is 548 g/mol. The number of unbranched alkanes of at least 4 members (excludes halogenated alkanes) is 1. The fraction of sp³-hybridized carbons (Fsp3) is 0.174. The molecule has 0 aliphatic carbocycles. The van der Waals surface area contributed by atoms with E-state index in [9.17, 15) is 4.79 Å². The highest BCUT2D eigenvalue weighted by atomic mass is 79.9. The van der Waals surface area contributed by atoms with Crippen molar-refractivity contribution >= 4 is 62.3 Å². The standard InChI is InChI=1S/C23H21BrCl2N6O/c24-18-14-29-32-21(13-20(31-22(18)32)17-5-1-2-6-19(17)26)27-11-3-4-12-28-23(33)30-16-9-7-15(25)8-10-16/h1-2,5-10,13-14,27H,3-4,11-12H2,(H2,28,30,33). The van der Waals surface area contributed by atoms with E-state index < -0.39 is 0 Å². The Balaban J connectivity index is 1.31. The lowest BCUT2D eigenvalue weighted by Crippen LogP contribution is -2.29. The molecule has 0 bridgehead atoms. The number of hydrogen-bond donors (Lipinski definition) is 3. The summed E-state index contributed by atoms with van der Waals surface area (Å²) in [6, 6.07) is 16.3. The van der Waals surface area contributed by atoms with E-state index in [2.05, 4.69) is 37.0 Å². The molecule has 33 heavy (non-hydrogen) atoms. The number of amides is 2. The Morgan fingerprint density at radius 3 is 2.58 bits per heavy atom. The van der Waals surface area contributed by atoms with E-state index in [0.717, 1.165) is 34.4 Å². The van der Waals surface area contributed by atoms with Crippen LogP contribution in [0.4, 0.5) is 16.3 Å². The monoisotopic (exact) mass is 546 g/mol.